The summed E-state index contributed by atoms with van der Waals surface area (Å²) in [7, 11) is 3.06. The van der Waals surface area contributed by atoms with E-state index in [1.54, 1.807) is 61.7 Å². The molecule has 0 unspecified atom stereocenters. The molecule has 1 saturated heterocycles. The van der Waals surface area contributed by atoms with Gasteiger partial charge in [-0.25, -0.2) is 0 Å². The Labute approximate surface area is 181 Å². The summed E-state index contributed by atoms with van der Waals surface area (Å²) in [6, 6.07) is 12.9. The van der Waals surface area contributed by atoms with E-state index in [2.05, 4.69) is 6.58 Å². The number of ketones is 1. The van der Waals surface area contributed by atoms with Crippen molar-refractivity contribution in [1.82, 2.24) is 4.90 Å². The van der Waals surface area contributed by atoms with Crippen molar-refractivity contribution in [3.63, 3.8) is 0 Å². The minimum absolute atomic E-state index is 0.0334. The predicted octanol–water partition coefficient (Wildman–Crippen LogP) is 3.33. The molecule has 1 amide bonds. The molecule has 0 aromatic heterocycles. The number of carbonyl (C=O) groups is 2. The molecule has 7 heteroatoms. The van der Waals surface area contributed by atoms with Crippen LogP contribution in [-0.4, -0.2) is 55.7 Å². The first kappa shape index (κ1) is 22.1. The average molecular weight is 423 g/mol. The van der Waals surface area contributed by atoms with Gasteiger partial charge in [-0.15, -0.1) is 0 Å². The van der Waals surface area contributed by atoms with Crippen LogP contribution in [0.2, 0.25) is 0 Å². The zero-order valence-electron chi connectivity index (χ0n) is 17.5. The minimum Gasteiger partial charge on any atom is -0.507 e. The quantitative estimate of drug-likeness (QED) is 0.288. The zero-order chi connectivity index (χ0) is 22.4. The van der Waals surface area contributed by atoms with E-state index in [1.165, 1.54) is 12.0 Å². The number of Topliss-reactive ketones (excluding diaryl/α,β-unsaturated/α-hetero) is 1. The Morgan fingerprint density at radius 3 is 2.29 bits per heavy atom. The van der Waals surface area contributed by atoms with E-state index in [1.807, 2.05) is 0 Å². The van der Waals surface area contributed by atoms with Crippen LogP contribution in [0.3, 0.4) is 0 Å². The lowest BCUT2D eigenvalue weighted by Crippen LogP contribution is -2.32. The van der Waals surface area contributed by atoms with Crippen LogP contribution in [0, 0.1) is 0 Å². The van der Waals surface area contributed by atoms with Gasteiger partial charge >= 0.3 is 0 Å². The highest BCUT2D eigenvalue weighted by Gasteiger charge is 2.45. The van der Waals surface area contributed by atoms with E-state index >= 15 is 0 Å². The number of carbonyl (C=O) groups excluding carboxylic acids is 2. The van der Waals surface area contributed by atoms with Crippen molar-refractivity contribution < 1.29 is 28.9 Å². The lowest BCUT2D eigenvalue weighted by atomic mass is 9.95. The Morgan fingerprint density at radius 2 is 1.71 bits per heavy atom. The van der Waals surface area contributed by atoms with Crippen LogP contribution in [0.5, 0.6) is 11.5 Å². The molecule has 7 nitrogen and oxygen atoms in total. The van der Waals surface area contributed by atoms with Gasteiger partial charge in [0.05, 0.1) is 25.3 Å². The number of ether oxygens (including phenoxy) is 3. The van der Waals surface area contributed by atoms with Gasteiger partial charge in [0, 0.05) is 19.2 Å². The van der Waals surface area contributed by atoms with E-state index in [0.717, 1.165) is 0 Å². The first-order valence-electron chi connectivity index (χ1n) is 9.77. The van der Waals surface area contributed by atoms with E-state index in [4.69, 9.17) is 14.2 Å². The Balaban J connectivity index is 2.06. The highest BCUT2D eigenvalue weighted by molar-refractivity contribution is 6.46. The molecule has 0 radical (unpaired) electrons. The number of benzene rings is 2. The third kappa shape index (κ3) is 4.62. The minimum atomic E-state index is -0.745. The van der Waals surface area contributed by atoms with Gasteiger partial charge in [-0.1, -0.05) is 24.8 Å². The fraction of sp³-hybridized carbons (Fsp3) is 0.250. The predicted molar refractivity (Wildman–Crippen MR) is 116 cm³/mol. The summed E-state index contributed by atoms with van der Waals surface area (Å²) in [5.74, 6) is -0.403. The van der Waals surface area contributed by atoms with Gasteiger partial charge in [-0.2, -0.15) is 0 Å². The van der Waals surface area contributed by atoms with Gasteiger partial charge in [0.15, 0.2) is 0 Å². The first-order chi connectivity index (χ1) is 15.0. The van der Waals surface area contributed by atoms with Crippen LogP contribution in [0.4, 0.5) is 0 Å². The number of aliphatic hydroxyl groups excluding tert-OH is 1. The van der Waals surface area contributed by atoms with Crippen molar-refractivity contribution in [3.8, 4) is 11.5 Å². The zero-order valence-corrected chi connectivity index (χ0v) is 17.5. The number of methoxy groups -OCH3 is 2. The molecule has 1 N–H and O–H groups in total. The summed E-state index contributed by atoms with van der Waals surface area (Å²) in [5, 5.41) is 11.0. The van der Waals surface area contributed by atoms with Gasteiger partial charge in [0.2, 0.25) is 0 Å². The van der Waals surface area contributed by atoms with Crippen molar-refractivity contribution in [2.75, 3.05) is 34.0 Å². The monoisotopic (exact) mass is 423 g/mol. The second-order valence-electron chi connectivity index (χ2n) is 6.88. The summed E-state index contributed by atoms with van der Waals surface area (Å²) in [6.07, 6.45) is 1.64. The molecule has 0 bridgehead atoms. The topological polar surface area (TPSA) is 85.3 Å². The molecule has 1 aliphatic heterocycles. The molecule has 1 aliphatic rings. The SMILES string of the molecule is C=CCOc1ccc([C@@H]2/C(=C(\O)c3ccc(OC)cc3)C(=O)C(=O)N2CCOC)cc1. The van der Waals surface area contributed by atoms with Crippen LogP contribution < -0.4 is 9.47 Å². The average Bonchev–Trinajstić information content (AvgIpc) is 3.06. The molecule has 1 heterocycles. The number of hydrogen-bond acceptors (Lipinski definition) is 6. The van der Waals surface area contributed by atoms with E-state index in [0.29, 0.717) is 29.2 Å². The molecule has 1 atom stereocenters. The van der Waals surface area contributed by atoms with Gasteiger partial charge in [0.25, 0.3) is 11.7 Å². The lowest BCUT2D eigenvalue weighted by molar-refractivity contribution is -0.140. The normalized spacial score (nSPS) is 17.6. The molecule has 0 spiro atoms. The van der Waals surface area contributed by atoms with Crippen molar-refractivity contribution >= 4 is 17.4 Å². The lowest BCUT2D eigenvalue weighted by Gasteiger charge is -2.25. The molecule has 2 aromatic carbocycles. The summed E-state index contributed by atoms with van der Waals surface area (Å²) in [4.78, 5) is 27.1. The Hall–Kier alpha value is -3.58. The summed E-state index contributed by atoms with van der Waals surface area (Å²) < 4.78 is 15.8. The van der Waals surface area contributed by atoms with Crippen LogP contribution in [0.1, 0.15) is 17.2 Å². The number of likely N-dealkylation sites (tertiary alicyclic amines) is 1. The van der Waals surface area contributed by atoms with E-state index in [9.17, 15) is 14.7 Å². The highest BCUT2D eigenvalue weighted by Crippen LogP contribution is 2.39. The number of rotatable bonds is 9. The first-order valence-corrected chi connectivity index (χ1v) is 9.77. The molecule has 31 heavy (non-hydrogen) atoms. The maximum atomic E-state index is 12.9. The summed E-state index contributed by atoms with van der Waals surface area (Å²) in [5.41, 5.74) is 1.13. The molecular formula is C24H25NO6. The van der Waals surface area contributed by atoms with Gasteiger partial charge < -0.3 is 24.2 Å². The van der Waals surface area contributed by atoms with Crippen LogP contribution in [-0.2, 0) is 14.3 Å². The third-order valence-electron chi connectivity index (χ3n) is 5.00. The summed E-state index contributed by atoms with van der Waals surface area (Å²) >= 11 is 0. The van der Waals surface area contributed by atoms with Crippen molar-refractivity contribution in [1.29, 1.82) is 0 Å². The number of nitrogens with zero attached hydrogens (tertiary/aromatic N) is 1. The van der Waals surface area contributed by atoms with Crippen LogP contribution in [0.25, 0.3) is 5.76 Å². The molecule has 0 aliphatic carbocycles. The molecule has 1 fully saturated rings. The second-order valence-corrected chi connectivity index (χ2v) is 6.88. The maximum Gasteiger partial charge on any atom is 0.295 e. The largest absolute Gasteiger partial charge is 0.507 e. The summed E-state index contributed by atoms with van der Waals surface area (Å²) in [6.45, 7) is 4.45. The van der Waals surface area contributed by atoms with Gasteiger partial charge in [-0.3, -0.25) is 9.59 Å². The fourth-order valence-electron chi connectivity index (χ4n) is 3.45. The molecule has 0 saturated carbocycles. The highest BCUT2D eigenvalue weighted by atomic mass is 16.5. The molecule has 3 rings (SSSR count). The third-order valence-corrected chi connectivity index (χ3v) is 5.00. The fourth-order valence-corrected chi connectivity index (χ4v) is 3.45. The second kappa shape index (κ2) is 9.95. The number of hydrogen-bond donors (Lipinski definition) is 1. The molecule has 162 valence electrons. The van der Waals surface area contributed by atoms with Crippen LogP contribution >= 0.6 is 0 Å². The maximum absolute atomic E-state index is 12.9. The molecule has 2 aromatic rings. The van der Waals surface area contributed by atoms with Crippen molar-refractivity contribution in [3.05, 3.63) is 77.9 Å². The van der Waals surface area contributed by atoms with Crippen molar-refractivity contribution in [2.45, 2.75) is 6.04 Å². The van der Waals surface area contributed by atoms with E-state index < -0.39 is 17.7 Å². The van der Waals surface area contributed by atoms with Gasteiger partial charge in [-0.05, 0) is 42.0 Å². The smallest absolute Gasteiger partial charge is 0.295 e. The molecular weight excluding hydrogens is 398 g/mol. The van der Waals surface area contributed by atoms with E-state index in [-0.39, 0.29) is 24.5 Å². The number of amides is 1. The Morgan fingerprint density at radius 1 is 1.06 bits per heavy atom. The van der Waals surface area contributed by atoms with Crippen molar-refractivity contribution in [2.24, 2.45) is 0 Å². The standard InChI is InChI=1S/C24H25NO6/c1-4-14-31-19-11-5-16(6-12-19)21-20(23(27)24(28)25(21)13-15-29-2)22(26)17-7-9-18(30-3)10-8-17/h4-12,21,26H,1,13-15H2,2-3H3/b22-20+/t21-/m1/s1. The van der Waals surface area contributed by atoms with Crippen LogP contribution in [0.15, 0.2) is 66.8 Å². The Kier molecular flexibility index (Phi) is 7.10. The van der Waals surface area contributed by atoms with Gasteiger partial charge in [0.1, 0.15) is 23.9 Å². The number of aliphatic hydroxyl groups is 1. The Bertz CT molecular complexity index is 978.